The van der Waals surface area contributed by atoms with E-state index in [0.717, 1.165) is 5.56 Å². The van der Waals surface area contributed by atoms with E-state index in [-0.39, 0.29) is 12.3 Å². The fourth-order valence-electron chi connectivity index (χ4n) is 1.88. The van der Waals surface area contributed by atoms with E-state index in [1.165, 1.54) is 0 Å². The molecule has 0 aliphatic rings. The van der Waals surface area contributed by atoms with Crippen molar-refractivity contribution in [3.63, 3.8) is 0 Å². The maximum atomic E-state index is 12.3. The highest BCUT2D eigenvalue weighted by atomic mass is 16.4. The summed E-state index contributed by atoms with van der Waals surface area (Å²) in [6, 6.07) is 7.37. The molecule has 1 rings (SSSR count). The molecule has 19 heavy (non-hydrogen) atoms. The molecule has 0 spiro atoms. The van der Waals surface area contributed by atoms with Crippen molar-refractivity contribution in [3.8, 4) is 0 Å². The maximum Gasteiger partial charge on any atom is 0.303 e. The molecule has 0 saturated heterocycles. The van der Waals surface area contributed by atoms with Crippen LogP contribution < -0.4 is 5.73 Å². The van der Waals surface area contributed by atoms with Crippen LogP contribution in [0.25, 0.3) is 0 Å². The highest BCUT2D eigenvalue weighted by Gasteiger charge is 2.14. The number of carboxylic acids is 1. The number of rotatable bonds is 7. The van der Waals surface area contributed by atoms with Crippen LogP contribution in [-0.2, 0) is 11.2 Å². The number of benzene rings is 1. The molecule has 0 aromatic heterocycles. The largest absolute Gasteiger partial charge is 0.481 e. The van der Waals surface area contributed by atoms with Gasteiger partial charge in [0.2, 0.25) is 0 Å². The molecule has 104 valence electrons. The minimum Gasteiger partial charge on any atom is -0.481 e. The molecule has 1 aromatic carbocycles. The van der Waals surface area contributed by atoms with Crippen molar-refractivity contribution < 1.29 is 14.7 Å². The summed E-state index contributed by atoms with van der Waals surface area (Å²) in [5.41, 5.74) is 7.10. The molecule has 5 nitrogen and oxygen atoms in total. The molecule has 0 aliphatic carbocycles. The first kappa shape index (κ1) is 15.2. The van der Waals surface area contributed by atoms with Crippen molar-refractivity contribution in [3.05, 3.63) is 35.4 Å². The van der Waals surface area contributed by atoms with Gasteiger partial charge in [-0.25, -0.2) is 0 Å². The normalized spacial score (nSPS) is 10.2. The number of aliphatic carboxylic acids is 1. The van der Waals surface area contributed by atoms with Crippen molar-refractivity contribution in [1.82, 2.24) is 4.90 Å². The number of nitrogens with zero attached hydrogens (tertiary/aromatic N) is 1. The van der Waals surface area contributed by atoms with Gasteiger partial charge in [0.1, 0.15) is 0 Å². The van der Waals surface area contributed by atoms with Crippen molar-refractivity contribution >= 4 is 11.9 Å². The number of hydrogen-bond acceptors (Lipinski definition) is 3. The van der Waals surface area contributed by atoms with Crippen molar-refractivity contribution in [2.45, 2.75) is 19.3 Å². The van der Waals surface area contributed by atoms with Gasteiger partial charge in [0.05, 0.1) is 0 Å². The first-order chi connectivity index (χ1) is 9.06. The Hall–Kier alpha value is -1.88. The molecule has 3 N–H and O–H groups in total. The molecule has 5 heteroatoms. The quantitative estimate of drug-likeness (QED) is 0.773. The van der Waals surface area contributed by atoms with E-state index in [2.05, 4.69) is 0 Å². The summed E-state index contributed by atoms with van der Waals surface area (Å²) < 4.78 is 0. The molecule has 0 saturated carbocycles. The Morgan fingerprint density at radius 3 is 2.63 bits per heavy atom. The van der Waals surface area contributed by atoms with E-state index in [1.807, 2.05) is 18.2 Å². The van der Waals surface area contributed by atoms with Gasteiger partial charge in [0.25, 0.3) is 5.91 Å². The van der Waals surface area contributed by atoms with E-state index in [1.54, 1.807) is 18.0 Å². The highest BCUT2D eigenvalue weighted by Crippen LogP contribution is 2.12. The summed E-state index contributed by atoms with van der Waals surface area (Å²) in [7, 11) is 1.68. The lowest BCUT2D eigenvalue weighted by molar-refractivity contribution is -0.137. The van der Waals surface area contributed by atoms with Crippen LogP contribution in [0.4, 0.5) is 0 Å². The van der Waals surface area contributed by atoms with Gasteiger partial charge in [-0.2, -0.15) is 0 Å². The zero-order valence-electron chi connectivity index (χ0n) is 11.1. The number of hydrogen-bond donors (Lipinski definition) is 2. The van der Waals surface area contributed by atoms with E-state index in [9.17, 15) is 9.59 Å². The summed E-state index contributed by atoms with van der Waals surface area (Å²) in [6.07, 6.45) is 1.18. The van der Waals surface area contributed by atoms with E-state index < -0.39 is 5.97 Å². The van der Waals surface area contributed by atoms with E-state index >= 15 is 0 Å². The molecule has 0 atom stereocenters. The van der Waals surface area contributed by atoms with Gasteiger partial charge in [-0.15, -0.1) is 0 Å². The maximum absolute atomic E-state index is 12.3. The number of carbonyl (C=O) groups is 2. The standard InChI is InChI=1S/C14H20N2O3/c1-16(10-4-7-13(17)18)14(19)12-6-3-2-5-11(12)8-9-15/h2-3,5-6H,4,7-10,15H2,1H3,(H,17,18). The molecule has 0 bridgehead atoms. The lowest BCUT2D eigenvalue weighted by Crippen LogP contribution is -2.29. The van der Waals surface area contributed by atoms with Gasteiger partial charge in [-0.1, -0.05) is 18.2 Å². The Bertz CT molecular complexity index is 446. The van der Waals surface area contributed by atoms with E-state index in [0.29, 0.717) is 31.5 Å². The van der Waals surface area contributed by atoms with Gasteiger partial charge in [-0.05, 0) is 31.0 Å². The molecule has 1 aromatic rings. The van der Waals surface area contributed by atoms with Crippen LogP contribution in [0.3, 0.4) is 0 Å². The predicted molar refractivity (Wildman–Crippen MR) is 73.0 cm³/mol. The van der Waals surface area contributed by atoms with E-state index in [4.69, 9.17) is 10.8 Å². The van der Waals surface area contributed by atoms with Gasteiger partial charge in [0.15, 0.2) is 0 Å². The number of carboxylic acid groups (broad SMARTS) is 1. The van der Waals surface area contributed by atoms with Crippen LogP contribution in [-0.4, -0.2) is 42.0 Å². The Kier molecular flexibility index (Phi) is 6.02. The van der Waals surface area contributed by atoms with Crippen molar-refractivity contribution in [2.75, 3.05) is 20.1 Å². The summed E-state index contributed by atoms with van der Waals surface area (Å²) in [5.74, 6) is -0.932. The third kappa shape index (κ3) is 4.71. The Balaban J connectivity index is 2.68. The fraction of sp³-hybridized carbons (Fsp3) is 0.429. The topological polar surface area (TPSA) is 83.6 Å². The molecule has 0 unspecified atom stereocenters. The second-order valence-corrected chi connectivity index (χ2v) is 4.42. The molecular weight excluding hydrogens is 244 g/mol. The summed E-state index contributed by atoms with van der Waals surface area (Å²) in [6.45, 7) is 0.926. The first-order valence-electron chi connectivity index (χ1n) is 6.31. The zero-order chi connectivity index (χ0) is 14.3. The predicted octanol–water partition coefficient (Wildman–Crippen LogP) is 1.12. The van der Waals surface area contributed by atoms with Crippen LogP contribution >= 0.6 is 0 Å². The minimum absolute atomic E-state index is 0.0715. The highest BCUT2D eigenvalue weighted by molar-refractivity contribution is 5.95. The van der Waals surface area contributed by atoms with Gasteiger partial charge in [-0.3, -0.25) is 9.59 Å². The molecular formula is C14H20N2O3. The zero-order valence-corrected chi connectivity index (χ0v) is 11.1. The molecule has 0 radical (unpaired) electrons. The van der Waals surface area contributed by atoms with Gasteiger partial charge < -0.3 is 15.7 Å². The SMILES string of the molecule is CN(CCCC(=O)O)C(=O)c1ccccc1CCN. The van der Waals surface area contributed by atoms with Gasteiger partial charge in [0, 0.05) is 25.6 Å². The summed E-state index contributed by atoms with van der Waals surface area (Å²) >= 11 is 0. The first-order valence-corrected chi connectivity index (χ1v) is 6.31. The van der Waals surface area contributed by atoms with Crippen LogP contribution in [0.2, 0.25) is 0 Å². The number of carbonyl (C=O) groups excluding carboxylic acids is 1. The third-order valence-corrected chi connectivity index (χ3v) is 2.89. The smallest absolute Gasteiger partial charge is 0.303 e. The molecule has 1 amide bonds. The lowest BCUT2D eigenvalue weighted by Gasteiger charge is -2.18. The van der Waals surface area contributed by atoms with Crippen LogP contribution in [0.1, 0.15) is 28.8 Å². The minimum atomic E-state index is -0.843. The second-order valence-electron chi connectivity index (χ2n) is 4.42. The summed E-state index contributed by atoms with van der Waals surface area (Å²) in [4.78, 5) is 24.3. The summed E-state index contributed by atoms with van der Waals surface area (Å²) in [5, 5.41) is 8.58. The molecule has 0 fully saturated rings. The van der Waals surface area contributed by atoms with Crippen molar-refractivity contribution in [1.29, 1.82) is 0 Å². The molecule has 0 aliphatic heterocycles. The Morgan fingerprint density at radius 2 is 2.00 bits per heavy atom. The Morgan fingerprint density at radius 1 is 1.32 bits per heavy atom. The monoisotopic (exact) mass is 264 g/mol. The average molecular weight is 264 g/mol. The van der Waals surface area contributed by atoms with Crippen molar-refractivity contribution in [2.24, 2.45) is 5.73 Å². The van der Waals surface area contributed by atoms with Gasteiger partial charge >= 0.3 is 5.97 Å². The third-order valence-electron chi connectivity index (χ3n) is 2.89. The molecule has 0 heterocycles. The number of amides is 1. The lowest BCUT2D eigenvalue weighted by atomic mass is 10.0. The average Bonchev–Trinajstić information content (AvgIpc) is 2.38. The Labute approximate surface area is 113 Å². The van der Waals surface area contributed by atoms with Crippen LogP contribution in [0.5, 0.6) is 0 Å². The van der Waals surface area contributed by atoms with Crippen LogP contribution in [0, 0.1) is 0 Å². The fourth-order valence-corrected chi connectivity index (χ4v) is 1.88. The second kappa shape index (κ2) is 7.53. The van der Waals surface area contributed by atoms with Crippen LogP contribution in [0.15, 0.2) is 24.3 Å². The number of nitrogens with two attached hydrogens (primary N) is 1.